The van der Waals surface area contributed by atoms with Gasteiger partial charge in [-0.15, -0.1) is 10.2 Å². The average Bonchev–Trinajstić information content (AvgIpc) is 2.70. The first-order valence-corrected chi connectivity index (χ1v) is 5.15. The fourth-order valence-corrected chi connectivity index (χ4v) is 1.58. The number of benzene rings is 1. The normalized spacial score (nSPS) is 10.6. The molecule has 16 heavy (non-hydrogen) atoms. The van der Waals surface area contributed by atoms with Crippen LogP contribution in [0.25, 0.3) is 11.4 Å². The highest BCUT2D eigenvalue weighted by Gasteiger charge is 2.11. The van der Waals surface area contributed by atoms with Crippen molar-refractivity contribution in [1.29, 1.82) is 0 Å². The quantitative estimate of drug-likeness (QED) is 0.805. The van der Waals surface area contributed by atoms with Crippen LogP contribution in [-0.2, 0) is 6.54 Å². The lowest BCUT2D eigenvalue weighted by Gasteiger charge is -2.06. The van der Waals surface area contributed by atoms with E-state index >= 15 is 0 Å². The highest BCUT2D eigenvalue weighted by Crippen LogP contribution is 2.23. The Morgan fingerprint density at radius 3 is 3.00 bits per heavy atom. The van der Waals surface area contributed by atoms with Crippen molar-refractivity contribution >= 4 is 5.69 Å². The van der Waals surface area contributed by atoms with Gasteiger partial charge in [0.2, 0.25) is 0 Å². The number of nitrogen functional groups attached to an aromatic ring is 1. The minimum atomic E-state index is -0.334. The zero-order chi connectivity index (χ0) is 11.5. The maximum Gasteiger partial charge on any atom is 0.166 e. The van der Waals surface area contributed by atoms with Crippen molar-refractivity contribution in [3.05, 3.63) is 30.3 Å². The summed E-state index contributed by atoms with van der Waals surface area (Å²) in [6, 6.07) is 4.44. The highest BCUT2D eigenvalue weighted by atomic mass is 19.1. The van der Waals surface area contributed by atoms with Crippen LogP contribution >= 0.6 is 0 Å². The van der Waals surface area contributed by atoms with Crippen molar-refractivity contribution in [3.63, 3.8) is 0 Å². The van der Waals surface area contributed by atoms with E-state index in [1.807, 2.05) is 11.5 Å². The molecule has 0 aliphatic heterocycles. The molecule has 0 unspecified atom stereocenters. The number of hydrogen-bond acceptors (Lipinski definition) is 3. The summed E-state index contributed by atoms with van der Waals surface area (Å²) in [5.41, 5.74) is 6.54. The first kappa shape index (κ1) is 10.6. The lowest BCUT2D eigenvalue weighted by atomic mass is 10.1. The molecule has 1 aromatic carbocycles. The summed E-state index contributed by atoms with van der Waals surface area (Å²) in [6.07, 6.45) is 2.54. The van der Waals surface area contributed by atoms with Crippen LogP contribution in [-0.4, -0.2) is 14.8 Å². The van der Waals surface area contributed by atoms with Crippen molar-refractivity contribution in [2.45, 2.75) is 19.9 Å². The van der Waals surface area contributed by atoms with E-state index in [1.165, 1.54) is 12.1 Å². The molecule has 2 N–H and O–H groups in total. The second-order valence-corrected chi connectivity index (χ2v) is 3.59. The van der Waals surface area contributed by atoms with E-state index in [2.05, 4.69) is 10.2 Å². The van der Waals surface area contributed by atoms with Gasteiger partial charge >= 0.3 is 0 Å². The van der Waals surface area contributed by atoms with Crippen LogP contribution in [0.4, 0.5) is 10.1 Å². The van der Waals surface area contributed by atoms with Crippen molar-refractivity contribution in [1.82, 2.24) is 14.8 Å². The first-order chi connectivity index (χ1) is 7.72. The lowest BCUT2D eigenvalue weighted by Crippen LogP contribution is -2.00. The summed E-state index contributed by atoms with van der Waals surface area (Å²) in [5, 5.41) is 7.72. The van der Waals surface area contributed by atoms with Crippen molar-refractivity contribution in [3.8, 4) is 11.4 Å². The van der Waals surface area contributed by atoms with E-state index in [9.17, 15) is 4.39 Å². The Bertz CT molecular complexity index is 492. The van der Waals surface area contributed by atoms with Crippen molar-refractivity contribution in [2.24, 2.45) is 0 Å². The molecule has 0 aliphatic rings. The minimum Gasteiger partial charge on any atom is -0.399 e. The Hall–Kier alpha value is -1.91. The van der Waals surface area contributed by atoms with Gasteiger partial charge in [-0.2, -0.15) is 0 Å². The van der Waals surface area contributed by atoms with Gasteiger partial charge in [0.25, 0.3) is 0 Å². The third-order valence-electron chi connectivity index (χ3n) is 2.31. The molecule has 0 saturated carbocycles. The largest absolute Gasteiger partial charge is 0.399 e. The molecule has 84 valence electrons. The van der Waals surface area contributed by atoms with Gasteiger partial charge in [-0.05, 0) is 24.6 Å². The van der Waals surface area contributed by atoms with Crippen LogP contribution in [0.1, 0.15) is 13.3 Å². The molecule has 0 radical (unpaired) electrons. The Morgan fingerprint density at radius 1 is 1.44 bits per heavy atom. The molecule has 1 aromatic heterocycles. The Morgan fingerprint density at radius 2 is 2.25 bits per heavy atom. The van der Waals surface area contributed by atoms with Crippen LogP contribution < -0.4 is 5.73 Å². The minimum absolute atomic E-state index is 0.334. The van der Waals surface area contributed by atoms with E-state index in [4.69, 9.17) is 5.73 Å². The monoisotopic (exact) mass is 220 g/mol. The van der Waals surface area contributed by atoms with E-state index < -0.39 is 0 Å². The number of aryl methyl sites for hydroxylation is 1. The molecule has 4 nitrogen and oxygen atoms in total. The van der Waals surface area contributed by atoms with Gasteiger partial charge in [0.05, 0.1) is 5.56 Å². The predicted molar refractivity (Wildman–Crippen MR) is 60.1 cm³/mol. The predicted octanol–water partition coefficient (Wildman–Crippen LogP) is 2.08. The van der Waals surface area contributed by atoms with Gasteiger partial charge in [0.1, 0.15) is 12.1 Å². The molecular weight excluding hydrogens is 207 g/mol. The number of anilines is 1. The smallest absolute Gasteiger partial charge is 0.166 e. The topological polar surface area (TPSA) is 56.7 Å². The molecule has 2 aromatic rings. The highest BCUT2D eigenvalue weighted by molar-refractivity contribution is 5.61. The van der Waals surface area contributed by atoms with Crippen molar-refractivity contribution in [2.75, 3.05) is 5.73 Å². The maximum atomic E-state index is 13.6. The number of nitrogens with two attached hydrogens (primary N) is 1. The van der Waals surface area contributed by atoms with Gasteiger partial charge in [-0.3, -0.25) is 0 Å². The molecule has 0 bridgehead atoms. The lowest BCUT2D eigenvalue weighted by molar-refractivity contribution is 0.624. The molecule has 0 spiro atoms. The van der Waals surface area contributed by atoms with Gasteiger partial charge in [0.15, 0.2) is 5.82 Å². The van der Waals surface area contributed by atoms with Crippen LogP contribution in [0, 0.1) is 5.82 Å². The van der Waals surface area contributed by atoms with Gasteiger partial charge < -0.3 is 10.3 Å². The van der Waals surface area contributed by atoms with E-state index in [-0.39, 0.29) is 5.82 Å². The standard InChI is InChI=1S/C11H13FN4/c1-2-5-16-7-14-15-11(16)9-6-8(13)3-4-10(9)12/h3-4,6-7H,2,5,13H2,1H3. The van der Waals surface area contributed by atoms with E-state index in [0.717, 1.165) is 13.0 Å². The summed E-state index contributed by atoms with van der Waals surface area (Å²) in [7, 11) is 0. The molecule has 0 saturated heterocycles. The Labute approximate surface area is 92.9 Å². The zero-order valence-electron chi connectivity index (χ0n) is 9.02. The molecule has 0 aliphatic carbocycles. The molecule has 0 fully saturated rings. The van der Waals surface area contributed by atoms with Gasteiger partial charge in [-0.25, -0.2) is 4.39 Å². The molecule has 0 amide bonds. The van der Waals surface area contributed by atoms with E-state index in [0.29, 0.717) is 17.1 Å². The van der Waals surface area contributed by atoms with Crippen LogP contribution in [0.2, 0.25) is 0 Å². The van der Waals surface area contributed by atoms with Crippen LogP contribution in [0.5, 0.6) is 0 Å². The summed E-state index contributed by atoms with van der Waals surface area (Å²) in [5.74, 6) is 0.186. The maximum absolute atomic E-state index is 13.6. The fraction of sp³-hybridized carbons (Fsp3) is 0.273. The average molecular weight is 220 g/mol. The molecule has 5 heteroatoms. The molecular formula is C11H13FN4. The Balaban J connectivity index is 2.49. The third kappa shape index (κ3) is 1.88. The number of hydrogen-bond donors (Lipinski definition) is 1. The summed E-state index contributed by atoms with van der Waals surface area (Å²) in [4.78, 5) is 0. The Kier molecular flexibility index (Phi) is 2.85. The first-order valence-electron chi connectivity index (χ1n) is 5.15. The third-order valence-corrected chi connectivity index (χ3v) is 2.31. The number of nitrogens with zero attached hydrogens (tertiary/aromatic N) is 3. The molecule has 1 heterocycles. The summed E-state index contributed by atoms with van der Waals surface area (Å²) < 4.78 is 15.4. The summed E-state index contributed by atoms with van der Waals surface area (Å²) in [6.45, 7) is 2.80. The van der Waals surface area contributed by atoms with Crippen molar-refractivity contribution < 1.29 is 4.39 Å². The number of halogens is 1. The van der Waals surface area contributed by atoms with Crippen LogP contribution in [0.15, 0.2) is 24.5 Å². The second-order valence-electron chi connectivity index (χ2n) is 3.59. The van der Waals surface area contributed by atoms with E-state index in [1.54, 1.807) is 12.4 Å². The zero-order valence-corrected chi connectivity index (χ0v) is 9.02. The number of rotatable bonds is 3. The molecule has 0 atom stereocenters. The molecule has 2 rings (SSSR count). The fourth-order valence-electron chi connectivity index (χ4n) is 1.58. The second kappa shape index (κ2) is 4.30. The van der Waals surface area contributed by atoms with Crippen LogP contribution in [0.3, 0.4) is 0 Å². The van der Waals surface area contributed by atoms with Gasteiger partial charge in [0, 0.05) is 12.2 Å². The SMILES string of the molecule is CCCn1cnnc1-c1cc(N)ccc1F. The summed E-state index contributed by atoms with van der Waals surface area (Å²) >= 11 is 0. The van der Waals surface area contributed by atoms with Gasteiger partial charge in [-0.1, -0.05) is 6.92 Å². The number of aromatic nitrogens is 3.